The van der Waals surface area contributed by atoms with Crippen LogP contribution in [0.3, 0.4) is 0 Å². The largest absolute Gasteiger partial charge is 0.483 e. The molecule has 0 saturated carbocycles. The molecule has 1 rings (SSSR count). The van der Waals surface area contributed by atoms with Gasteiger partial charge in [-0.2, -0.15) is 0 Å². The molecule has 0 spiro atoms. The summed E-state index contributed by atoms with van der Waals surface area (Å²) in [5.74, 6) is -1.14. The number of carbonyl (C=O) groups is 2. The summed E-state index contributed by atoms with van der Waals surface area (Å²) in [5, 5.41) is 11.7. The van der Waals surface area contributed by atoms with Crippen LogP contribution in [0.2, 0.25) is 0 Å². The van der Waals surface area contributed by atoms with Gasteiger partial charge in [-0.25, -0.2) is 4.79 Å². The lowest BCUT2D eigenvalue weighted by atomic mass is 10.1. The fraction of sp³-hybridized carbons (Fsp3) is 0.385. The first-order chi connectivity index (χ1) is 8.40. The van der Waals surface area contributed by atoms with Crippen molar-refractivity contribution in [1.82, 2.24) is 5.32 Å². The monoisotopic (exact) mass is 251 g/mol. The molecule has 0 aromatic heterocycles. The molecule has 2 N–H and O–H groups in total. The highest BCUT2D eigenvalue weighted by molar-refractivity contribution is 5.91. The SMILES string of the molecule is Cc1ccc(C(=O)O)c(OCC(=O)NC(C)C)c1. The molecule has 0 bridgehead atoms. The first-order valence-corrected chi connectivity index (χ1v) is 5.66. The number of carboxylic acids is 1. The van der Waals surface area contributed by atoms with Crippen LogP contribution in [0.1, 0.15) is 29.8 Å². The number of amides is 1. The average molecular weight is 251 g/mol. The Morgan fingerprint density at radius 3 is 2.61 bits per heavy atom. The van der Waals surface area contributed by atoms with Gasteiger partial charge in [0.15, 0.2) is 6.61 Å². The molecule has 5 nitrogen and oxygen atoms in total. The highest BCUT2D eigenvalue weighted by Crippen LogP contribution is 2.20. The summed E-state index contributed by atoms with van der Waals surface area (Å²) in [6.45, 7) is 5.31. The zero-order chi connectivity index (χ0) is 13.7. The fourth-order valence-electron chi connectivity index (χ4n) is 1.43. The number of aryl methyl sites for hydroxylation is 1. The van der Waals surface area contributed by atoms with E-state index >= 15 is 0 Å². The number of hydrogen-bond donors (Lipinski definition) is 2. The Hall–Kier alpha value is -2.04. The minimum Gasteiger partial charge on any atom is -0.483 e. The molecule has 0 aliphatic carbocycles. The topological polar surface area (TPSA) is 75.6 Å². The Kier molecular flexibility index (Phi) is 4.71. The number of carbonyl (C=O) groups excluding carboxylic acids is 1. The first kappa shape index (κ1) is 14.0. The third kappa shape index (κ3) is 4.08. The lowest BCUT2D eigenvalue weighted by Crippen LogP contribution is -2.34. The Morgan fingerprint density at radius 1 is 1.39 bits per heavy atom. The van der Waals surface area contributed by atoms with Crippen LogP contribution in [0.5, 0.6) is 5.75 Å². The number of carboxylic acid groups (broad SMARTS) is 1. The van der Waals surface area contributed by atoms with Gasteiger partial charge in [-0.3, -0.25) is 4.79 Å². The second-order valence-corrected chi connectivity index (χ2v) is 4.32. The Morgan fingerprint density at radius 2 is 2.06 bits per heavy atom. The molecule has 0 radical (unpaired) electrons. The summed E-state index contributed by atoms with van der Waals surface area (Å²) < 4.78 is 5.25. The van der Waals surface area contributed by atoms with Crippen molar-refractivity contribution in [3.8, 4) is 5.75 Å². The quantitative estimate of drug-likeness (QED) is 0.833. The van der Waals surface area contributed by atoms with Crippen molar-refractivity contribution in [3.05, 3.63) is 29.3 Å². The van der Waals surface area contributed by atoms with Crippen molar-refractivity contribution in [2.24, 2.45) is 0 Å². The molecule has 0 aliphatic heterocycles. The average Bonchev–Trinajstić information content (AvgIpc) is 2.25. The van der Waals surface area contributed by atoms with E-state index in [1.165, 1.54) is 6.07 Å². The van der Waals surface area contributed by atoms with Gasteiger partial charge < -0.3 is 15.2 Å². The maximum absolute atomic E-state index is 11.4. The van der Waals surface area contributed by atoms with E-state index in [1.54, 1.807) is 12.1 Å². The van der Waals surface area contributed by atoms with Gasteiger partial charge in [-0.1, -0.05) is 6.07 Å². The Labute approximate surface area is 106 Å². The normalized spacial score (nSPS) is 10.2. The van der Waals surface area contributed by atoms with Gasteiger partial charge in [0, 0.05) is 6.04 Å². The minimum absolute atomic E-state index is 0.0255. The maximum atomic E-state index is 11.4. The van der Waals surface area contributed by atoms with Crippen LogP contribution in [0, 0.1) is 6.92 Å². The van der Waals surface area contributed by atoms with Gasteiger partial charge in [0.05, 0.1) is 0 Å². The van der Waals surface area contributed by atoms with Crippen molar-refractivity contribution < 1.29 is 19.4 Å². The summed E-state index contributed by atoms with van der Waals surface area (Å²) in [7, 11) is 0. The van der Waals surface area contributed by atoms with Crippen LogP contribution in [-0.4, -0.2) is 29.6 Å². The third-order valence-corrected chi connectivity index (χ3v) is 2.18. The molecule has 0 heterocycles. The Bertz CT molecular complexity index is 454. The molecule has 98 valence electrons. The van der Waals surface area contributed by atoms with Gasteiger partial charge in [0.1, 0.15) is 11.3 Å². The summed E-state index contributed by atoms with van der Waals surface area (Å²) in [6, 6.07) is 4.78. The van der Waals surface area contributed by atoms with E-state index in [1.807, 2.05) is 20.8 Å². The van der Waals surface area contributed by atoms with E-state index in [9.17, 15) is 9.59 Å². The molecule has 0 unspecified atom stereocenters. The summed E-state index contributed by atoms with van der Waals surface area (Å²) in [6.07, 6.45) is 0. The highest BCUT2D eigenvalue weighted by Gasteiger charge is 2.13. The van der Waals surface area contributed by atoms with Gasteiger partial charge in [-0.05, 0) is 38.5 Å². The van der Waals surface area contributed by atoms with E-state index in [2.05, 4.69) is 5.32 Å². The van der Waals surface area contributed by atoms with Gasteiger partial charge in [-0.15, -0.1) is 0 Å². The molecule has 5 heteroatoms. The highest BCUT2D eigenvalue weighted by atomic mass is 16.5. The molecule has 1 aromatic carbocycles. The fourth-order valence-corrected chi connectivity index (χ4v) is 1.43. The van der Waals surface area contributed by atoms with Crippen LogP contribution in [-0.2, 0) is 4.79 Å². The van der Waals surface area contributed by atoms with E-state index in [4.69, 9.17) is 9.84 Å². The van der Waals surface area contributed by atoms with Crippen LogP contribution in [0.4, 0.5) is 0 Å². The second-order valence-electron chi connectivity index (χ2n) is 4.32. The second kappa shape index (κ2) is 6.05. The summed E-state index contributed by atoms with van der Waals surface area (Å²) >= 11 is 0. The van der Waals surface area contributed by atoms with Crippen molar-refractivity contribution >= 4 is 11.9 Å². The van der Waals surface area contributed by atoms with Crippen molar-refractivity contribution in [2.45, 2.75) is 26.8 Å². The number of ether oxygens (including phenoxy) is 1. The Balaban J connectivity index is 2.74. The van der Waals surface area contributed by atoms with Crippen LogP contribution >= 0.6 is 0 Å². The van der Waals surface area contributed by atoms with Gasteiger partial charge in [0.2, 0.25) is 0 Å². The standard InChI is InChI=1S/C13H17NO4/c1-8(2)14-12(15)7-18-11-6-9(3)4-5-10(11)13(16)17/h4-6,8H,7H2,1-3H3,(H,14,15)(H,16,17). The lowest BCUT2D eigenvalue weighted by Gasteiger charge is -2.11. The number of aromatic carboxylic acids is 1. The number of rotatable bonds is 5. The molecular weight excluding hydrogens is 234 g/mol. The van der Waals surface area contributed by atoms with Crippen molar-refractivity contribution in [1.29, 1.82) is 0 Å². The number of nitrogens with one attached hydrogen (secondary N) is 1. The summed E-state index contributed by atoms with van der Waals surface area (Å²) in [4.78, 5) is 22.4. The molecule has 18 heavy (non-hydrogen) atoms. The molecular formula is C13H17NO4. The zero-order valence-corrected chi connectivity index (χ0v) is 10.7. The maximum Gasteiger partial charge on any atom is 0.339 e. The molecule has 0 aliphatic rings. The number of benzene rings is 1. The minimum atomic E-state index is -1.07. The van der Waals surface area contributed by atoms with Crippen LogP contribution < -0.4 is 10.1 Å². The van der Waals surface area contributed by atoms with Gasteiger partial charge in [0.25, 0.3) is 5.91 Å². The first-order valence-electron chi connectivity index (χ1n) is 5.66. The predicted molar refractivity (Wildman–Crippen MR) is 66.9 cm³/mol. The van der Waals surface area contributed by atoms with Crippen LogP contribution in [0.15, 0.2) is 18.2 Å². The lowest BCUT2D eigenvalue weighted by molar-refractivity contribution is -0.123. The molecule has 0 atom stereocenters. The smallest absolute Gasteiger partial charge is 0.339 e. The molecule has 0 fully saturated rings. The van der Waals surface area contributed by atoms with Crippen molar-refractivity contribution in [3.63, 3.8) is 0 Å². The van der Waals surface area contributed by atoms with E-state index < -0.39 is 5.97 Å². The summed E-state index contributed by atoms with van der Waals surface area (Å²) in [5.41, 5.74) is 0.928. The molecule has 0 saturated heterocycles. The van der Waals surface area contributed by atoms with E-state index in [-0.39, 0.29) is 29.9 Å². The van der Waals surface area contributed by atoms with Crippen molar-refractivity contribution in [2.75, 3.05) is 6.61 Å². The van der Waals surface area contributed by atoms with Crippen LogP contribution in [0.25, 0.3) is 0 Å². The van der Waals surface area contributed by atoms with E-state index in [0.29, 0.717) is 0 Å². The van der Waals surface area contributed by atoms with E-state index in [0.717, 1.165) is 5.56 Å². The number of hydrogen-bond acceptors (Lipinski definition) is 3. The third-order valence-electron chi connectivity index (χ3n) is 2.18. The van der Waals surface area contributed by atoms with Gasteiger partial charge >= 0.3 is 5.97 Å². The molecule has 1 aromatic rings. The predicted octanol–water partition coefficient (Wildman–Crippen LogP) is 1.60. The molecule has 1 amide bonds. The zero-order valence-electron chi connectivity index (χ0n) is 10.7.